The van der Waals surface area contributed by atoms with Crippen molar-refractivity contribution in [2.24, 2.45) is 0 Å². The molecular formula is C13H27NO3S. The molecule has 0 aliphatic carbocycles. The molecule has 18 heavy (non-hydrogen) atoms. The minimum absolute atomic E-state index is 0.166. The predicted molar refractivity (Wildman–Crippen MR) is 74.4 cm³/mol. The molecule has 0 bridgehead atoms. The summed E-state index contributed by atoms with van der Waals surface area (Å²) in [6.45, 7) is 8.86. The number of likely N-dealkylation sites (tertiary alicyclic amines) is 1. The molecule has 1 aliphatic heterocycles. The summed E-state index contributed by atoms with van der Waals surface area (Å²) in [5.74, 6) is 0.250. The van der Waals surface area contributed by atoms with Crippen LogP contribution in [0, 0.1) is 0 Å². The number of sulfone groups is 1. The Morgan fingerprint density at radius 1 is 1.39 bits per heavy atom. The van der Waals surface area contributed by atoms with Gasteiger partial charge in [0.15, 0.2) is 9.84 Å². The second-order valence-electron chi connectivity index (χ2n) is 6.12. The number of nitrogens with zero attached hydrogens (tertiary/aromatic N) is 1. The Hall–Kier alpha value is -0.130. The molecule has 1 fully saturated rings. The highest BCUT2D eigenvalue weighted by Gasteiger charge is 2.35. The summed E-state index contributed by atoms with van der Waals surface area (Å²) in [4.78, 5) is 2.23. The summed E-state index contributed by atoms with van der Waals surface area (Å²) < 4.78 is 23.4. The molecule has 0 aromatic heterocycles. The van der Waals surface area contributed by atoms with Crippen LogP contribution in [0.5, 0.6) is 0 Å². The largest absolute Gasteiger partial charge is 0.389 e. The molecule has 0 saturated carbocycles. The molecule has 1 aliphatic rings. The van der Waals surface area contributed by atoms with Crippen LogP contribution < -0.4 is 0 Å². The summed E-state index contributed by atoms with van der Waals surface area (Å²) in [6, 6.07) is 0.166. The van der Waals surface area contributed by atoms with Crippen molar-refractivity contribution in [1.82, 2.24) is 4.90 Å². The van der Waals surface area contributed by atoms with E-state index in [-0.39, 0.29) is 17.0 Å². The van der Waals surface area contributed by atoms with E-state index in [0.29, 0.717) is 6.42 Å². The molecule has 5 heteroatoms. The Bertz CT molecular complexity index is 357. The van der Waals surface area contributed by atoms with Gasteiger partial charge in [0.2, 0.25) is 0 Å². The van der Waals surface area contributed by atoms with Crippen LogP contribution in [-0.4, -0.2) is 54.2 Å². The quantitative estimate of drug-likeness (QED) is 0.798. The normalized spacial score (nSPS) is 22.9. The number of rotatable bonds is 6. The van der Waals surface area contributed by atoms with Gasteiger partial charge in [0.1, 0.15) is 0 Å². The number of hydrogen-bond acceptors (Lipinski definition) is 4. The molecular weight excluding hydrogens is 250 g/mol. The molecule has 0 spiro atoms. The van der Waals surface area contributed by atoms with Crippen molar-refractivity contribution in [3.8, 4) is 0 Å². The monoisotopic (exact) mass is 277 g/mol. The van der Waals surface area contributed by atoms with E-state index in [1.165, 1.54) is 0 Å². The Labute approximate surface area is 111 Å². The van der Waals surface area contributed by atoms with Crippen LogP contribution in [0.1, 0.15) is 47.0 Å². The lowest BCUT2D eigenvalue weighted by Gasteiger charge is -2.33. The number of aliphatic hydroxyl groups is 1. The van der Waals surface area contributed by atoms with Gasteiger partial charge in [-0.15, -0.1) is 0 Å². The summed E-state index contributed by atoms with van der Waals surface area (Å²) in [6.07, 6.45) is 2.75. The van der Waals surface area contributed by atoms with Crippen molar-refractivity contribution in [2.75, 3.05) is 18.8 Å². The van der Waals surface area contributed by atoms with Gasteiger partial charge in [0.25, 0.3) is 0 Å². The molecule has 1 atom stereocenters. The predicted octanol–water partition coefficient (Wildman–Crippen LogP) is 1.43. The van der Waals surface area contributed by atoms with Crippen LogP contribution in [0.4, 0.5) is 0 Å². The minimum atomic E-state index is -2.93. The van der Waals surface area contributed by atoms with Gasteiger partial charge in [-0.3, -0.25) is 4.90 Å². The summed E-state index contributed by atoms with van der Waals surface area (Å²) >= 11 is 0. The molecule has 0 radical (unpaired) electrons. The highest BCUT2D eigenvalue weighted by Crippen LogP contribution is 2.26. The van der Waals surface area contributed by atoms with E-state index in [1.54, 1.807) is 13.8 Å². The molecule has 108 valence electrons. The molecule has 0 aromatic rings. The Morgan fingerprint density at radius 3 is 2.50 bits per heavy atom. The average Bonchev–Trinajstić information content (AvgIpc) is 2.64. The van der Waals surface area contributed by atoms with Crippen LogP contribution >= 0.6 is 0 Å². The standard InChI is InChI=1S/C13H27NO3S/c1-11(2)18(16,17)10-6-9-14-8-5-7-12(14)13(3,4)15/h11-12,15H,5-10H2,1-4H3. The molecule has 1 rings (SSSR count). The van der Waals surface area contributed by atoms with Crippen molar-refractivity contribution in [3.63, 3.8) is 0 Å². The van der Waals surface area contributed by atoms with Crippen LogP contribution in [-0.2, 0) is 9.84 Å². The van der Waals surface area contributed by atoms with E-state index < -0.39 is 15.4 Å². The number of hydrogen-bond donors (Lipinski definition) is 1. The first-order chi connectivity index (χ1) is 8.14. The fourth-order valence-electron chi connectivity index (χ4n) is 2.60. The lowest BCUT2D eigenvalue weighted by molar-refractivity contribution is -0.00217. The van der Waals surface area contributed by atoms with E-state index in [9.17, 15) is 13.5 Å². The average molecular weight is 277 g/mol. The van der Waals surface area contributed by atoms with Gasteiger partial charge in [0, 0.05) is 6.04 Å². The van der Waals surface area contributed by atoms with Crippen molar-refractivity contribution < 1.29 is 13.5 Å². The van der Waals surface area contributed by atoms with E-state index in [2.05, 4.69) is 4.90 Å². The van der Waals surface area contributed by atoms with Gasteiger partial charge in [-0.05, 0) is 60.0 Å². The van der Waals surface area contributed by atoms with Gasteiger partial charge in [-0.1, -0.05) is 0 Å². The highest BCUT2D eigenvalue weighted by atomic mass is 32.2. The zero-order chi connectivity index (χ0) is 14.0. The molecule has 1 heterocycles. The third-order valence-corrected chi connectivity index (χ3v) is 6.07. The fourth-order valence-corrected chi connectivity index (χ4v) is 3.60. The van der Waals surface area contributed by atoms with Crippen molar-refractivity contribution in [3.05, 3.63) is 0 Å². The van der Waals surface area contributed by atoms with Crippen molar-refractivity contribution in [2.45, 2.75) is 63.9 Å². The molecule has 0 aromatic carbocycles. The third-order valence-electron chi connectivity index (χ3n) is 3.77. The lowest BCUT2D eigenvalue weighted by Crippen LogP contribution is -2.46. The topological polar surface area (TPSA) is 57.6 Å². The van der Waals surface area contributed by atoms with E-state index in [1.807, 2.05) is 13.8 Å². The first-order valence-corrected chi connectivity index (χ1v) is 8.54. The van der Waals surface area contributed by atoms with E-state index in [4.69, 9.17) is 0 Å². The highest BCUT2D eigenvalue weighted by molar-refractivity contribution is 7.91. The summed E-state index contributed by atoms with van der Waals surface area (Å²) in [5, 5.41) is 9.78. The summed E-state index contributed by atoms with van der Waals surface area (Å²) in [5.41, 5.74) is -0.701. The van der Waals surface area contributed by atoms with Crippen LogP contribution in [0.3, 0.4) is 0 Å². The molecule has 1 unspecified atom stereocenters. The van der Waals surface area contributed by atoms with E-state index in [0.717, 1.165) is 25.9 Å². The van der Waals surface area contributed by atoms with Gasteiger partial charge < -0.3 is 5.11 Å². The minimum Gasteiger partial charge on any atom is -0.389 e. The molecule has 1 saturated heterocycles. The Kier molecular flexibility index (Phi) is 5.21. The second kappa shape index (κ2) is 5.88. The lowest BCUT2D eigenvalue weighted by atomic mass is 9.96. The zero-order valence-electron chi connectivity index (χ0n) is 12.0. The maximum atomic E-state index is 11.7. The van der Waals surface area contributed by atoms with Crippen molar-refractivity contribution >= 4 is 9.84 Å². The maximum Gasteiger partial charge on any atom is 0.152 e. The van der Waals surface area contributed by atoms with Crippen LogP contribution in [0.25, 0.3) is 0 Å². The van der Waals surface area contributed by atoms with Gasteiger partial charge in [-0.2, -0.15) is 0 Å². The van der Waals surface area contributed by atoms with Crippen LogP contribution in [0.2, 0.25) is 0 Å². The molecule has 4 nitrogen and oxygen atoms in total. The fraction of sp³-hybridized carbons (Fsp3) is 1.00. The Balaban J connectivity index is 2.45. The van der Waals surface area contributed by atoms with Crippen molar-refractivity contribution in [1.29, 1.82) is 0 Å². The smallest absolute Gasteiger partial charge is 0.152 e. The summed E-state index contributed by atoms with van der Waals surface area (Å²) in [7, 11) is -2.93. The van der Waals surface area contributed by atoms with Gasteiger partial charge >= 0.3 is 0 Å². The maximum absolute atomic E-state index is 11.7. The van der Waals surface area contributed by atoms with E-state index >= 15 is 0 Å². The van der Waals surface area contributed by atoms with Crippen LogP contribution in [0.15, 0.2) is 0 Å². The Morgan fingerprint density at radius 2 is 2.00 bits per heavy atom. The first-order valence-electron chi connectivity index (χ1n) is 6.82. The second-order valence-corrected chi connectivity index (χ2v) is 8.79. The molecule has 1 N–H and O–H groups in total. The van der Waals surface area contributed by atoms with Gasteiger partial charge in [-0.25, -0.2) is 8.42 Å². The SMILES string of the molecule is CC(C)S(=O)(=O)CCCN1CCCC1C(C)(C)O. The molecule has 0 amide bonds. The first kappa shape index (κ1) is 15.9. The third kappa shape index (κ3) is 4.21. The zero-order valence-corrected chi connectivity index (χ0v) is 12.8. The van der Waals surface area contributed by atoms with Gasteiger partial charge in [0.05, 0.1) is 16.6 Å².